The number of aromatic nitrogens is 1. The van der Waals surface area contributed by atoms with Gasteiger partial charge in [-0.05, 0) is 18.2 Å². The minimum absolute atomic E-state index is 0.0253. The topological polar surface area (TPSA) is 88.5 Å². The number of phenolic OH excluding ortho intramolecular Hbond substituents is 1. The van der Waals surface area contributed by atoms with Gasteiger partial charge in [-0.2, -0.15) is 0 Å². The summed E-state index contributed by atoms with van der Waals surface area (Å²) in [5, 5.41) is 13.0. The Hall–Kier alpha value is -2.28. The number of para-hydroxylation sites is 1. The summed E-state index contributed by atoms with van der Waals surface area (Å²) in [7, 11) is -1.81. The fourth-order valence-electron chi connectivity index (χ4n) is 1.78. The number of anilines is 1. The van der Waals surface area contributed by atoms with E-state index in [1.54, 1.807) is 24.3 Å². The maximum Gasteiger partial charge on any atom is 0.192 e. The van der Waals surface area contributed by atoms with E-state index in [1.807, 2.05) is 0 Å². The number of rotatable bonds is 5. The summed E-state index contributed by atoms with van der Waals surface area (Å²) in [6.07, 6.45) is 2.55. The molecule has 0 aliphatic rings. The second kappa shape index (κ2) is 6.01. The van der Waals surface area contributed by atoms with Gasteiger partial charge in [0, 0.05) is 18.4 Å². The van der Waals surface area contributed by atoms with Gasteiger partial charge in [0.25, 0.3) is 0 Å². The number of hydrogen-bond acceptors (Lipinski definition) is 6. The zero-order valence-electron chi connectivity index (χ0n) is 11.7. The van der Waals surface area contributed by atoms with Crippen molar-refractivity contribution in [1.82, 2.24) is 4.98 Å². The van der Waals surface area contributed by atoms with Crippen molar-refractivity contribution < 1.29 is 18.3 Å². The number of aromatic hydroxyl groups is 1. The Morgan fingerprint density at radius 1 is 1.29 bits per heavy atom. The number of phenols is 1. The Balaban J connectivity index is 2.10. The van der Waals surface area contributed by atoms with Crippen LogP contribution < -0.4 is 10.1 Å². The van der Waals surface area contributed by atoms with Crippen LogP contribution in [0.4, 0.5) is 5.69 Å². The molecular formula is C14H16N2O4S. The molecule has 21 heavy (non-hydrogen) atoms. The predicted octanol–water partition coefficient (Wildman–Crippen LogP) is 1.81. The normalized spacial score (nSPS) is 11.1. The van der Waals surface area contributed by atoms with Gasteiger partial charge in [0.2, 0.25) is 0 Å². The number of nitrogens with one attached hydrogen (secondary N) is 1. The Morgan fingerprint density at radius 2 is 2.05 bits per heavy atom. The first kappa shape index (κ1) is 15.1. The Labute approximate surface area is 123 Å². The molecule has 7 heteroatoms. The van der Waals surface area contributed by atoms with E-state index < -0.39 is 9.84 Å². The molecule has 0 spiro atoms. The molecule has 1 aromatic heterocycles. The molecule has 2 aromatic rings. The first-order valence-electron chi connectivity index (χ1n) is 6.16. The summed E-state index contributed by atoms with van der Waals surface area (Å²) < 4.78 is 27.7. The fraction of sp³-hybridized carbons (Fsp3) is 0.214. The number of ether oxygens (including phenoxy) is 1. The van der Waals surface area contributed by atoms with E-state index in [2.05, 4.69) is 10.3 Å². The summed E-state index contributed by atoms with van der Waals surface area (Å²) in [5.74, 6) is 0.480. The summed E-state index contributed by atoms with van der Waals surface area (Å²) >= 11 is 0. The highest BCUT2D eigenvalue weighted by atomic mass is 32.2. The van der Waals surface area contributed by atoms with Crippen molar-refractivity contribution in [2.45, 2.75) is 11.6 Å². The molecule has 0 aliphatic heterocycles. The van der Waals surface area contributed by atoms with Crippen molar-refractivity contribution >= 4 is 15.5 Å². The van der Waals surface area contributed by atoms with Gasteiger partial charge < -0.3 is 15.2 Å². The van der Waals surface area contributed by atoms with Gasteiger partial charge in [0.15, 0.2) is 26.4 Å². The van der Waals surface area contributed by atoms with Crippen LogP contribution >= 0.6 is 0 Å². The zero-order chi connectivity index (χ0) is 15.5. The number of sulfone groups is 1. The third-order valence-electron chi connectivity index (χ3n) is 2.90. The predicted molar refractivity (Wildman–Crippen MR) is 79.3 cm³/mol. The fourth-order valence-corrected chi connectivity index (χ4v) is 2.34. The lowest BCUT2D eigenvalue weighted by Gasteiger charge is -2.10. The van der Waals surface area contributed by atoms with Crippen LogP contribution in [0, 0.1) is 0 Å². The van der Waals surface area contributed by atoms with Gasteiger partial charge in [-0.1, -0.05) is 12.1 Å². The lowest BCUT2D eigenvalue weighted by molar-refractivity contribution is 0.371. The molecule has 0 saturated heterocycles. The molecule has 0 atom stereocenters. The summed E-state index contributed by atoms with van der Waals surface area (Å²) in [6.45, 7) is 0.364. The number of hydrogen-bond donors (Lipinski definition) is 2. The largest absolute Gasteiger partial charge is 0.504 e. The minimum Gasteiger partial charge on any atom is -0.504 e. The van der Waals surface area contributed by atoms with Gasteiger partial charge in [-0.25, -0.2) is 13.4 Å². The highest BCUT2D eigenvalue weighted by Crippen LogP contribution is 2.29. The van der Waals surface area contributed by atoms with Gasteiger partial charge in [-0.15, -0.1) is 0 Å². The number of methoxy groups -OCH3 is 1. The van der Waals surface area contributed by atoms with E-state index in [1.165, 1.54) is 19.4 Å². The van der Waals surface area contributed by atoms with Crippen molar-refractivity contribution in [2.75, 3.05) is 18.7 Å². The molecule has 0 amide bonds. The van der Waals surface area contributed by atoms with E-state index >= 15 is 0 Å². The van der Waals surface area contributed by atoms with Gasteiger partial charge in [-0.3, -0.25) is 0 Å². The quantitative estimate of drug-likeness (QED) is 0.876. The zero-order valence-corrected chi connectivity index (χ0v) is 12.5. The van der Waals surface area contributed by atoms with Crippen molar-refractivity contribution in [3.05, 3.63) is 42.1 Å². The molecule has 1 heterocycles. The van der Waals surface area contributed by atoms with E-state index in [9.17, 15) is 13.5 Å². The maximum absolute atomic E-state index is 11.3. The molecule has 0 aliphatic carbocycles. The molecule has 2 N–H and O–H groups in total. The molecule has 0 bridgehead atoms. The van der Waals surface area contributed by atoms with Crippen LogP contribution in [0.3, 0.4) is 0 Å². The Morgan fingerprint density at radius 3 is 2.62 bits per heavy atom. The highest BCUT2D eigenvalue weighted by Gasteiger charge is 2.09. The summed E-state index contributed by atoms with van der Waals surface area (Å²) in [5.41, 5.74) is 1.33. The standard InChI is InChI=1S/C14H16N2O4S/c1-20-12-5-3-4-10(14(12)17)8-15-11-6-7-13(16-9-11)21(2,18)19/h3-7,9,15,17H,8H2,1-2H3. The number of nitrogens with zero attached hydrogens (tertiary/aromatic N) is 1. The molecular weight excluding hydrogens is 292 g/mol. The van der Waals surface area contributed by atoms with E-state index in [0.29, 0.717) is 23.5 Å². The van der Waals surface area contributed by atoms with Gasteiger partial charge in [0.05, 0.1) is 19.0 Å². The van der Waals surface area contributed by atoms with Crippen LogP contribution in [0.2, 0.25) is 0 Å². The molecule has 0 saturated carbocycles. The number of benzene rings is 1. The van der Waals surface area contributed by atoms with Crippen LogP contribution in [0.15, 0.2) is 41.6 Å². The molecule has 0 radical (unpaired) electrons. The average Bonchev–Trinajstić information content (AvgIpc) is 2.46. The average molecular weight is 308 g/mol. The van der Waals surface area contributed by atoms with Gasteiger partial charge in [0.1, 0.15) is 0 Å². The lowest BCUT2D eigenvalue weighted by atomic mass is 10.2. The van der Waals surface area contributed by atoms with Crippen molar-refractivity contribution in [3.63, 3.8) is 0 Å². The third-order valence-corrected chi connectivity index (χ3v) is 3.90. The second-order valence-electron chi connectivity index (χ2n) is 4.48. The van der Waals surface area contributed by atoms with E-state index in [4.69, 9.17) is 4.74 Å². The smallest absolute Gasteiger partial charge is 0.192 e. The Kier molecular flexibility index (Phi) is 4.32. The lowest BCUT2D eigenvalue weighted by Crippen LogP contribution is -2.03. The van der Waals surface area contributed by atoms with Crippen LogP contribution in [-0.2, 0) is 16.4 Å². The highest BCUT2D eigenvalue weighted by molar-refractivity contribution is 7.90. The van der Waals surface area contributed by atoms with E-state index in [-0.39, 0.29) is 10.8 Å². The third kappa shape index (κ3) is 3.63. The maximum atomic E-state index is 11.3. The van der Waals surface area contributed by atoms with Crippen molar-refractivity contribution in [1.29, 1.82) is 0 Å². The molecule has 0 unspecified atom stereocenters. The van der Waals surface area contributed by atoms with Crippen molar-refractivity contribution in [3.8, 4) is 11.5 Å². The Bertz CT molecular complexity index is 727. The molecule has 1 aromatic carbocycles. The molecule has 0 fully saturated rings. The molecule has 2 rings (SSSR count). The molecule has 6 nitrogen and oxygen atoms in total. The van der Waals surface area contributed by atoms with Crippen molar-refractivity contribution in [2.24, 2.45) is 0 Å². The monoisotopic (exact) mass is 308 g/mol. The first-order chi connectivity index (χ1) is 9.91. The minimum atomic E-state index is -3.30. The summed E-state index contributed by atoms with van der Waals surface area (Å²) in [6, 6.07) is 8.27. The SMILES string of the molecule is COc1cccc(CNc2ccc(S(C)(=O)=O)nc2)c1O. The van der Waals surface area contributed by atoms with E-state index in [0.717, 1.165) is 6.26 Å². The first-order valence-corrected chi connectivity index (χ1v) is 8.06. The molecule has 112 valence electrons. The number of pyridine rings is 1. The van der Waals surface area contributed by atoms with Crippen LogP contribution in [0.25, 0.3) is 0 Å². The summed E-state index contributed by atoms with van der Waals surface area (Å²) in [4.78, 5) is 3.88. The van der Waals surface area contributed by atoms with Crippen LogP contribution in [0.5, 0.6) is 11.5 Å². The second-order valence-corrected chi connectivity index (χ2v) is 6.44. The van der Waals surface area contributed by atoms with Crippen LogP contribution in [0.1, 0.15) is 5.56 Å². The van der Waals surface area contributed by atoms with Gasteiger partial charge >= 0.3 is 0 Å². The van der Waals surface area contributed by atoms with Crippen LogP contribution in [-0.4, -0.2) is 31.9 Å².